The highest BCUT2D eigenvalue weighted by Crippen LogP contribution is 1.94. The van der Waals surface area contributed by atoms with E-state index >= 15 is 0 Å². The molecule has 0 aliphatic carbocycles. The smallest absolute Gasteiger partial charge is 0.0612 e. The lowest BCUT2D eigenvalue weighted by molar-refractivity contribution is 1.20. The van der Waals surface area contributed by atoms with Gasteiger partial charge in [0.15, 0.2) is 0 Å². The predicted octanol–water partition coefficient (Wildman–Crippen LogP) is 2.05. The monoisotopic (exact) mass is 117 g/mol. The lowest BCUT2D eigenvalue weighted by atomic mass is 10.7. The Morgan fingerprint density at radius 1 is 2.00 bits per heavy atom. The largest absolute Gasteiger partial charge is 0.0897 e. The van der Waals surface area contributed by atoms with Crippen LogP contribution in [-0.4, -0.2) is 6.54 Å². The summed E-state index contributed by atoms with van der Waals surface area (Å²) in [5, 5.41) is 3.48. The van der Waals surface area contributed by atoms with E-state index in [2.05, 4.69) is 16.6 Å². The third kappa shape index (κ3) is 5.34. The minimum absolute atomic E-state index is 0.179. The Hall–Kier alpha value is -0.660. The van der Waals surface area contributed by atoms with Gasteiger partial charge in [0.05, 0.1) is 6.54 Å². The van der Waals surface area contributed by atoms with Crippen molar-refractivity contribution >= 4 is 11.6 Å². The van der Waals surface area contributed by atoms with Crippen LogP contribution in [0.4, 0.5) is 0 Å². The Balaban J connectivity index is 3.32. The quantitative estimate of drug-likeness (QED) is 0.302. The Kier molecular flexibility index (Phi) is 3.19. The molecule has 0 aromatic rings. The number of halogens is 1. The van der Waals surface area contributed by atoms with Crippen molar-refractivity contribution in [1.82, 2.24) is 0 Å². The van der Waals surface area contributed by atoms with Gasteiger partial charge in [-0.05, 0) is 5.53 Å². The summed E-state index contributed by atoms with van der Waals surface area (Å²) in [6, 6.07) is 0. The van der Waals surface area contributed by atoms with Crippen LogP contribution in [0.1, 0.15) is 0 Å². The summed E-state index contributed by atoms with van der Waals surface area (Å²) in [7, 11) is 0. The average molecular weight is 118 g/mol. The van der Waals surface area contributed by atoms with Gasteiger partial charge in [-0.25, -0.2) is 0 Å². The molecule has 0 unspecified atom stereocenters. The van der Waals surface area contributed by atoms with Gasteiger partial charge in [0.1, 0.15) is 0 Å². The molecule has 4 heteroatoms. The first kappa shape index (κ1) is 6.34. The molecule has 0 rings (SSSR count). The maximum atomic E-state index is 7.67. The molecule has 38 valence electrons. The van der Waals surface area contributed by atoms with Crippen LogP contribution in [0, 0.1) is 0 Å². The van der Waals surface area contributed by atoms with Gasteiger partial charge < -0.3 is 0 Å². The fourth-order valence-corrected chi connectivity index (χ4v) is 0.162. The standard InChI is InChI=1S/C3H4ClN3/c1-3(4)2-6-7-5/h1-2H2. The van der Waals surface area contributed by atoms with E-state index in [1.54, 1.807) is 0 Å². The molecule has 7 heavy (non-hydrogen) atoms. The van der Waals surface area contributed by atoms with Gasteiger partial charge in [-0.3, -0.25) is 0 Å². The highest BCUT2D eigenvalue weighted by Gasteiger charge is 1.77. The second-order valence-electron chi connectivity index (χ2n) is 0.906. The average Bonchev–Trinajstić information content (AvgIpc) is 1.61. The number of hydrogen-bond donors (Lipinski definition) is 0. The van der Waals surface area contributed by atoms with Gasteiger partial charge >= 0.3 is 0 Å². The van der Waals surface area contributed by atoms with Crippen LogP contribution in [0.3, 0.4) is 0 Å². The van der Waals surface area contributed by atoms with Crippen molar-refractivity contribution in [3.63, 3.8) is 0 Å². The van der Waals surface area contributed by atoms with Crippen molar-refractivity contribution in [3.8, 4) is 0 Å². The Morgan fingerprint density at radius 3 is 2.71 bits per heavy atom. The first-order valence-electron chi connectivity index (χ1n) is 1.61. The lowest BCUT2D eigenvalue weighted by Gasteiger charge is -1.78. The number of rotatable bonds is 2. The summed E-state index contributed by atoms with van der Waals surface area (Å²) < 4.78 is 0. The molecule has 0 aliphatic rings. The highest BCUT2D eigenvalue weighted by atomic mass is 35.5. The Bertz CT molecular complexity index is 113. The van der Waals surface area contributed by atoms with E-state index < -0.39 is 0 Å². The van der Waals surface area contributed by atoms with Crippen LogP contribution in [0.15, 0.2) is 16.7 Å². The van der Waals surface area contributed by atoms with Crippen LogP contribution in [0.2, 0.25) is 0 Å². The van der Waals surface area contributed by atoms with Crippen LogP contribution in [-0.2, 0) is 0 Å². The Labute approximate surface area is 46.2 Å². The third-order valence-electron chi connectivity index (χ3n) is 0.306. The number of hydrogen-bond acceptors (Lipinski definition) is 1. The molecule has 0 fully saturated rings. The maximum Gasteiger partial charge on any atom is 0.0612 e. The fraction of sp³-hybridized carbons (Fsp3) is 0.333. The van der Waals surface area contributed by atoms with Crippen LogP contribution in [0.25, 0.3) is 10.4 Å². The van der Waals surface area contributed by atoms with E-state index in [0.717, 1.165) is 0 Å². The van der Waals surface area contributed by atoms with Gasteiger partial charge in [0, 0.05) is 9.94 Å². The lowest BCUT2D eigenvalue weighted by Crippen LogP contribution is -1.69. The van der Waals surface area contributed by atoms with E-state index in [1.807, 2.05) is 0 Å². The molecule has 0 heterocycles. The molecule has 0 bridgehead atoms. The summed E-state index contributed by atoms with van der Waals surface area (Å²) in [5.74, 6) is 0. The molecule has 0 aliphatic heterocycles. The molecule has 0 saturated carbocycles. The molecule has 0 spiro atoms. The van der Waals surface area contributed by atoms with Crippen molar-refractivity contribution in [2.45, 2.75) is 0 Å². The molecule has 0 aromatic heterocycles. The normalized spacial score (nSPS) is 7.00. The first-order chi connectivity index (χ1) is 3.27. The van der Waals surface area contributed by atoms with Crippen LogP contribution >= 0.6 is 11.6 Å². The predicted molar refractivity (Wildman–Crippen MR) is 29.0 cm³/mol. The number of nitrogens with zero attached hydrogens (tertiary/aromatic N) is 3. The van der Waals surface area contributed by atoms with Gasteiger partial charge in [0.25, 0.3) is 0 Å². The van der Waals surface area contributed by atoms with Gasteiger partial charge in [-0.2, -0.15) is 0 Å². The topological polar surface area (TPSA) is 48.8 Å². The molecule has 3 nitrogen and oxygen atoms in total. The molecular weight excluding hydrogens is 114 g/mol. The first-order valence-corrected chi connectivity index (χ1v) is 1.99. The summed E-state index contributed by atoms with van der Waals surface area (Å²) in [5.41, 5.74) is 7.67. The van der Waals surface area contributed by atoms with Crippen molar-refractivity contribution in [2.75, 3.05) is 6.54 Å². The second-order valence-corrected chi connectivity index (χ2v) is 1.44. The van der Waals surface area contributed by atoms with E-state index in [0.29, 0.717) is 5.03 Å². The van der Waals surface area contributed by atoms with Crippen molar-refractivity contribution in [3.05, 3.63) is 22.1 Å². The second kappa shape index (κ2) is 3.53. The molecule has 0 atom stereocenters. The van der Waals surface area contributed by atoms with Crippen molar-refractivity contribution in [2.24, 2.45) is 5.11 Å². The highest BCUT2D eigenvalue weighted by molar-refractivity contribution is 6.29. The van der Waals surface area contributed by atoms with Crippen molar-refractivity contribution in [1.29, 1.82) is 0 Å². The molecule has 0 aromatic carbocycles. The number of azide groups is 1. The zero-order chi connectivity index (χ0) is 5.70. The van der Waals surface area contributed by atoms with Crippen LogP contribution in [0.5, 0.6) is 0 Å². The molecule has 0 amide bonds. The fourth-order valence-electron chi connectivity index (χ4n) is 0.108. The van der Waals surface area contributed by atoms with Crippen molar-refractivity contribution < 1.29 is 0 Å². The summed E-state index contributed by atoms with van der Waals surface area (Å²) >= 11 is 5.20. The minimum Gasteiger partial charge on any atom is -0.0897 e. The van der Waals surface area contributed by atoms with Gasteiger partial charge in [-0.15, -0.1) is 0 Å². The molecule has 0 N–H and O–H groups in total. The van der Waals surface area contributed by atoms with Crippen LogP contribution < -0.4 is 0 Å². The van der Waals surface area contributed by atoms with E-state index in [9.17, 15) is 0 Å². The molecule has 0 saturated heterocycles. The third-order valence-corrected chi connectivity index (χ3v) is 0.425. The Morgan fingerprint density at radius 2 is 2.57 bits per heavy atom. The summed E-state index contributed by atoms with van der Waals surface area (Å²) in [6.45, 7) is 3.47. The van der Waals surface area contributed by atoms with Gasteiger partial charge in [-0.1, -0.05) is 23.3 Å². The van der Waals surface area contributed by atoms with E-state index in [-0.39, 0.29) is 6.54 Å². The zero-order valence-electron chi connectivity index (χ0n) is 3.63. The summed E-state index contributed by atoms with van der Waals surface area (Å²) in [4.78, 5) is 2.46. The SMILES string of the molecule is C=C(Cl)CN=[N+]=[N-]. The molecular formula is C3H4ClN3. The minimum atomic E-state index is 0.179. The van der Waals surface area contributed by atoms with E-state index in [1.165, 1.54) is 0 Å². The molecule has 0 radical (unpaired) electrons. The summed E-state index contributed by atoms with van der Waals surface area (Å²) in [6.07, 6.45) is 0. The van der Waals surface area contributed by atoms with E-state index in [4.69, 9.17) is 17.1 Å². The maximum absolute atomic E-state index is 7.67. The van der Waals surface area contributed by atoms with Gasteiger partial charge in [0.2, 0.25) is 0 Å². The zero-order valence-corrected chi connectivity index (χ0v) is 4.39.